The van der Waals surface area contributed by atoms with E-state index in [-0.39, 0.29) is 23.4 Å². The van der Waals surface area contributed by atoms with E-state index in [0.29, 0.717) is 58.2 Å². The minimum Gasteiger partial charge on any atom is -0.493 e. The number of rotatable bonds is 8. The van der Waals surface area contributed by atoms with E-state index < -0.39 is 0 Å². The maximum atomic E-state index is 13.3. The molecule has 1 saturated heterocycles. The van der Waals surface area contributed by atoms with Crippen molar-refractivity contribution in [1.29, 1.82) is 0 Å². The summed E-state index contributed by atoms with van der Waals surface area (Å²) in [7, 11) is 4.62. The predicted octanol–water partition coefficient (Wildman–Crippen LogP) is 2.98. The van der Waals surface area contributed by atoms with E-state index in [9.17, 15) is 4.79 Å². The first-order valence-electron chi connectivity index (χ1n) is 11.8. The number of nitrogens with two attached hydrogens (primary N) is 1. The van der Waals surface area contributed by atoms with Gasteiger partial charge in [0.2, 0.25) is 5.75 Å². The molecule has 4 aromatic rings. The summed E-state index contributed by atoms with van der Waals surface area (Å²) in [5.74, 6) is 1.20. The molecule has 2 aromatic heterocycles. The maximum absolute atomic E-state index is 13.3. The summed E-state index contributed by atoms with van der Waals surface area (Å²) < 4.78 is 23.3. The quantitative estimate of drug-likeness (QED) is 0.350. The molecule has 192 valence electrons. The average molecular weight is 505 g/mol. The molecule has 11 nitrogen and oxygen atoms in total. The van der Waals surface area contributed by atoms with E-state index in [0.717, 1.165) is 12.8 Å². The smallest absolute Gasteiger partial charge is 0.257 e. The molecule has 0 spiro atoms. The fourth-order valence-corrected chi connectivity index (χ4v) is 4.39. The largest absolute Gasteiger partial charge is 0.493 e. The zero-order valence-corrected chi connectivity index (χ0v) is 20.9. The van der Waals surface area contributed by atoms with Crippen LogP contribution in [0, 0.1) is 0 Å². The number of nitrogens with zero attached hydrogens (tertiary/aromatic N) is 4. The number of hydrogen-bond acceptors (Lipinski definition) is 9. The summed E-state index contributed by atoms with van der Waals surface area (Å²) in [5.41, 5.74) is 9.40. The van der Waals surface area contributed by atoms with Crippen LogP contribution < -0.4 is 25.3 Å². The van der Waals surface area contributed by atoms with Gasteiger partial charge in [-0.2, -0.15) is 9.78 Å². The van der Waals surface area contributed by atoms with E-state index in [1.54, 1.807) is 18.3 Å². The highest BCUT2D eigenvalue weighted by atomic mass is 16.5. The Balaban J connectivity index is 1.59. The number of ether oxygens (including phenoxy) is 4. The maximum Gasteiger partial charge on any atom is 0.257 e. The number of carbonyl (C=O) groups excluding carboxylic acids is 1. The number of benzene rings is 2. The molecular formula is C26H28N6O5. The molecule has 3 N–H and O–H groups in total. The summed E-state index contributed by atoms with van der Waals surface area (Å²) >= 11 is 0. The highest BCUT2D eigenvalue weighted by molar-refractivity contribution is 6.10. The summed E-state index contributed by atoms with van der Waals surface area (Å²) in [6.07, 6.45) is 3.45. The molecule has 3 heterocycles. The summed E-state index contributed by atoms with van der Waals surface area (Å²) in [6.45, 7) is 1.09. The van der Waals surface area contributed by atoms with Crippen molar-refractivity contribution in [2.75, 3.05) is 40.2 Å². The molecule has 0 saturated carbocycles. The monoisotopic (exact) mass is 504 g/mol. The second-order valence-electron chi connectivity index (χ2n) is 8.50. The predicted molar refractivity (Wildman–Crippen MR) is 140 cm³/mol. The third-order valence-electron chi connectivity index (χ3n) is 6.22. The van der Waals surface area contributed by atoms with E-state index in [2.05, 4.69) is 10.4 Å². The molecule has 0 bridgehead atoms. The number of para-hydroxylation sites is 2. The van der Waals surface area contributed by atoms with Gasteiger partial charge in [-0.05, 0) is 37.1 Å². The molecule has 0 radical (unpaired) electrons. The van der Waals surface area contributed by atoms with Crippen LogP contribution >= 0.6 is 0 Å². The Bertz CT molecular complexity index is 1470. The molecule has 1 fully saturated rings. The number of amides is 1. The first kappa shape index (κ1) is 24.3. The first-order chi connectivity index (χ1) is 18.0. The topological polar surface area (TPSA) is 135 Å². The third-order valence-corrected chi connectivity index (χ3v) is 6.22. The zero-order chi connectivity index (χ0) is 25.9. The molecule has 1 aliphatic heterocycles. The normalized spacial score (nSPS) is 15.5. The standard InChI is InChI=1S/C26H28N6O5/c1-34-19-11-15(12-20(35-2)23(19)36-3)13-29-32-24(27)21(26(33)28-14-16-7-6-10-37-16)22-25(32)31-18-9-5-4-8-17(18)30-22/h4-5,8-9,11-13,16H,6-7,10,14,27H2,1-3H3,(H,28,33)/b29-13+. The lowest BCUT2D eigenvalue weighted by Crippen LogP contribution is -2.32. The lowest BCUT2D eigenvalue weighted by atomic mass is 10.2. The van der Waals surface area contributed by atoms with Crippen LogP contribution in [0.5, 0.6) is 17.2 Å². The van der Waals surface area contributed by atoms with Gasteiger partial charge in [0.25, 0.3) is 5.91 Å². The summed E-state index contributed by atoms with van der Waals surface area (Å²) in [4.78, 5) is 22.7. The molecule has 1 unspecified atom stereocenters. The van der Waals surface area contributed by atoms with Crippen LogP contribution in [0.25, 0.3) is 22.2 Å². The Hall–Kier alpha value is -4.38. The Morgan fingerprint density at radius 2 is 1.86 bits per heavy atom. The van der Waals surface area contributed by atoms with Crippen LogP contribution in [-0.4, -0.2) is 67.4 Å². The molecule has 37 heavy (non-hydrogen) atoms. The van der Waals surface area contributed by atoms with Gasteiger partial charge in [-0.1, -0.05) is 12.1 Å². The van der Waals surface area contributed by atoms with Gasteiger partial charge in [-0.15, -0.1) is 0 Å². The van der Waals surface area contributed by atoms with Crippen molar-refractivity contribution in [2.45, 2.75) is 18.9 Å². The number of nitrogens with one attached hydrogen (secondary N) is 1. The minimum absolute atomic E-state index is 0.0107. The Labute approximate surface area is 213 Å². The number of aromatic nitrogens is 3. The summed E-state index contributed by atoms with van der Waals surface area (Å²) in [5, 5.41) is 7.49. The highest BCUT2D eigenvalue weighted by Crippen LogP contribution is 2.38. The lowest BCUT2D eigenvalue weighted by Gasteiger charge is -2.12. The average Bonchev–Trinajstić information content (AvgIpc) is 3.54. The van der Waals surface area contributed by atoms with Crippen molar-refractivity contribution >= 4 is 40.1 Å². The van der Waals surface area contributed by atoms with Gasteiger partial charge in [0.15, 0.2) is 17.1 Å². The number of fused-ring (bicyclic) bond motifs is 2. The minimum atomic E-state index is -0.357. The molecule has 2 aromatic carbocycles. The number of hydrogen-bond donors (Lipinski definition) is 2. The van der Waals surface area contributed by atoms with Crippen LogP contribution in [0.4, 0.5) is 5.82 Å². The van der Waals surface area contributed by atoms with Crippen molar-refractivity contribution < 1.29 is 23.7 Å². The van der Waals surface area contributed by atoms with Gasteiger partial charge < -0.3 is 30.0 Å². The van der Waals surface area contributed by atoms with E-state index >= 15 is 0 Å². The van der Waals surface area contributed by atoms with Crippen LogP contribution in [0.15, 0.2) is 41.5 Å². The SMILES string of the molecule is COc1cc(/C=N/n2c(N)c(C(=O)NCC3CCCO3)c3nc4ccccc4nc32)cc(OC)c1OC. The van der Waals surface area contributed by atoms with Crippen LogP contribution in [0.1, 0.15) is 28.8 Å². The molecule has 0 aliphatic carbocycles. The molecule has 1 amide bonds. The van der Waals surface area contributed by atoms with Gasteiger partial charge in [-0.25, -0.2) is 9.97 Å². The lowest BCUT2D eigenvalue weighted by molar-refractivity contribution is 0.0859. The second kappa shape index (κ2) is 10.3. The van der Waals surface area contributed by atoms with Crippen molar-refractivity contribution in [1.82, 2.24) is 20.0 Å². The van der Waals surface area contributed by atoms with Gasteiger partial charge >= 0.3 is 0 Å². The Kier molecular flexibility index (Phi) is 6.78. The second-order valence-corrected chi connectivity index (χ2v) is 8.50. The molecule has 1 aliphatic rings. The fourth-order valence-electron chi connectivity index (χ4n) is 4.39. The highest BCUT2D eigenvalue weighted by Gasteiger charge is 2.25. The van der Waals surface area contributed by atoms with Crippen molar-refractivity contribution in [3.63, 3.8) is 0 Å². The van der Waals surface area contributed by atoms with E-state index in [1.165, 1.54) is 26.0 Å². The number of methoxy groups -OCH3 is 3. The van der Waals surface area contributed by atoms with E-state index in [1.807, 2.05) is 24.3 Å². The van der Waals surface area contributed by atoms with Crippen LogP contribution in [-0.2, 0) is 4.74 Å². The van der Waals surface area contributed by atoms with Gasteiger partial charge in [0, 0.05) is 18.7 Å². The number of anilines is 1. The van der Waals surface area contributed by atoms with Crippen molar-refractivity contribution in [3.8, 4) is 17.2 Å². The summed E-state index contributed by atoms with van der Waals surface area (Å²) in [6, 6.07) is 10.9. The van der Waals surface area contributed by atoms with Crippen molar-refractivity contribution in [2.24, 2.45) is 5.10 Å². The van der Waals surface area contributed by atoms with E-state index in [4.69, 9.17) is 34.6 Å². The third kappa shape index (κ3) is 4.60. The Morgan fingerprint density at radius 1 is 1.16 bits per heavy atom. The molecule has 1 atom stereocenters. The van der Waals surface area contributed by atoms with Gasteiger partial charge in [0.05, 0.1) is 44.7 Å². The van der Waals surface area contributed by atoms with Crippen LogP contribution in [0.3, 0.4) is 0 Å². The number of nitrogen functional groups attached to an aromatic ring is 1. The first-order valence-corrected chi connectivity index (χ1v) is 11.8. The number of carbonyl (C=O) groups is 1. The van der Waals surface area contributed by atoms with Gasteiger partial charge in [0.1, 0.15) is 16.9 Å². The van der Waals surface area contributed by atoms with Crippen molar-refractivity contribution in [3.05, 3.63) is 47.5 Å². The molecule has 5 rings (SSSR count). The van der Waals surface area contributed by atoms with Gasteiger partial charge in [-0.3, -0.25) is 4.79 Å². The fraction of sp³-hybridized carbons (Fsp3) is 0.308. The molecule has 11 heteroatoms. The molecular weight excluding hydrogens is 476 g/mol. The zero-order valence-electron chi connectivity index (χ0n) is 20.9. The van der Waals surface area contributed by atoms with Crippen LogP contribution in [0.2, 0.25) is 0 Å². The Morgan fingerprint density at radius 3 is 2.49 bits per heavy atom.